The van der Waals surface area contributed by atoms with E-state index < -0.39 is 29.1 Å². The molecule has 0 radical (unpaired) electrons. The molecule has 0 saturated carbocycles. The van der Waals surface area contributed by atoms with Gasteiger partial charge in [-0.3, -0.25) is 4.79 Å². The highest BCUT2D eigenvalue weighted by Crippen LogP contribution is 2.24. The van der Waals surface area contributed by atoms with Gasteiger partial charge in [-0.05, 0) is 43.2 Å². The number of anilines is 2. The number of benzene rings is 2. The van der Waals surface area contributed by atoms with Crippen LogP contribution in [0.25, 0.3) is 0 Å². The molecule has 3 nitrogen and oxygen atoms in total. The van der Waals surface area contributed by atoms with Crippen LogP contribution in [0.1, 0.15) is 24.0 Å². The molecule has 5 heteroatoms. The maximum atomic E-state index is 13.9. The summed E-state index contributed by atoms with van der Waals surface area (Å²) in [6.07, 6.45) is 0. The number of nitrogen functional groups attached to an aromatic ring is 1. The quantitative estimate of drug-likeness (QED) is 0.849. The van der Waals surface area contributed by atoms with E-state index in [0.29, 0.717) is 11.3 Å². The number of halogens is 2. The van der Waals surface area contributed by atoms with Crippen LogP contribution < -0.4 is 11.1 Å². The highest BCUT2D eigenvalue weighted by atomic mass is 19.1. The number of rotatable bonds is 3. The van der Waals surface area contributed by atoms with Crippen LogP contribution in [0.2, 0.25) is 0 Å². The summed E-state index contributed by atoms with van der Waals surface area (Å²) in [5.74, 6) is -2.63. The van der Waals surface area contributed by atoms with Crippen molar-refractivity contribution in [3.8, 4) is 0 Å². The van der Waals surface area contributed by atoms with E-state index in [-0.39, 0.29) is 5.56 Å². The van der Waals surface area contributed by atoms with Crippen molar-refractivity contribution in [2.45, 2.75) is 19.8 Å². The molecule has 0 heterocycles. The van der Waals surface area contributed by atoms with E-state index in [0.717, 1.165) is 6.07 Å². The Balaban J connectivity index is 2.24. The summed E-state index contributed by atoms with van der Waals surface area (Å²) in [6.45, 7) is 3.15. The summed E-state index contributed by atoms with van der Waals surface area (Å²) in [6, 6.07) is 9.27. The third-order valence-corrected chi connectivity index (χ3v) is 3.34. The van der Waals surface area contributed by atoms with Gasteiger partial charge in [0, 0.05) is 5.69 Å². The number of carbonyl (C=O) groups is 1. The lowest BCUT2D eigenvalue weighted by atomic mass is 9.99. The van der Waals surface area contributed by atoms with Gasteiger partial charge in [0.25, 0.3) is 0 Å². The van der Waals surface area contributed by atoms with Crippen LogP contribution in [-0.2, 0) is 4.79 Å². The van der Waals surface area contributed by atoms with E-state index in [2.05, 4.69) is 5.32 Å². The van der Waals surface area contributed by atoms with Gasteiger partial charge in [-0.15, -0.1) is 0 Å². The zero-order valence-electron chi connectivity index (χ0n) is 11.8. The van der Waals surface area contributed by atoms with Crippen molar-refractivity contribution in [1.82, 2.24) is 0 Å². The molecule has 2 rings (SSSR count). The van der Waals surface area contributed by atoms with Gasteiger partial charge in [0.05, 0.1) is 5.92 Å². The normalized spacial score (nSPS) is 12.0. The fraction of sp³-hybridized carbons (Fsp3) is 0.188. The number of aryl methyl sites for hydroxylation is 1. The van der Waals surface area contributed by atoms with E-state index in [1.807, 2.05) is 0 Å². The second kappa shape index (κ2) is 5.91. The average molecular weight is 290 g/mol. The summed E-state index contributed by atoms with van der Waals surface area (Å²) < 4.78 is 27.5. The van der Waals surface area contributed by atoms with Crippen molar-refractivity contribution in [2.24, 2.45) is 0 Å². The first-order valence-electron chi connectivity index (χ1n) is 6.51. The van der Waals surface area contributed by atoms with Crippen LogP contribution in [0.5, 0.6) is 0 Å². The SMILES string of the molecule is Cc1ccc(F)c(NC(=O)C(C)c2cccc(N)c2)c1F. The minimum Gasteiger partial charge on any atom is -0.399 e. The molecule has 1 amide bonds. The molecule has 0 fully saturated rings. The van der Waals surface area contributed by atoms with E-state index in [1.54, 1.807) is 31.2 Å². The Morgan fingerprint density at radius 2 is 1.95 bits per heavy atom. The van der Waals surface area contributed by atoms with E-state index >= 15 is 0 Å². The third-order valence-electron chi connectivity index (χ3n) is 3.34. The molecule has 2 aromatic rings. The Kier molecular flexibility index (Phi) is 4.21. The number of hydrogen-bond donors (Lipinski definition) is 2. The molecule has 1 unspecified atom stereocenters. The number of nitrogens with one attached hydrogen (secondary N) is 1. The highest BCUT2D eigenvalue weighted by Gasteiger charge is 2.19. The summed E-state index contributed by atoms with van der Waals surface area (Å²) in [4.78, 5) is 12.2. The van der Waals surface area contributed by atoms with Crippen molar-refractivity contribution in [3.05, 3.63) is 59.2 Å². The Hall–Kier alpha value is -2.43. The average Bonchev–Trinajstić information content (AvgIpc) is 2.46. The van der Waals surface area contributed by atoms with Crippen LogP contribution in [0.15, 0.2) is 36.4 Å². The van der Waals surface area contributed by atoms with Gasteiger partial charge >= 0.3 is 0 Å². The van der Waals surface area contributed by atoms with Crippen LogP contribution in [-0.4, -0.2) is 5.91 Å². The molecule has 1 atom stereocenters. The Bertz CT molecular complexity index is 686. The smallest absolute Gasteiger partial charge is 0.231 e. The molecule has 0 saturated heterocycles. The molecule has 110 valence electrons. The predicted molar refractivity (Wildman–Crippen MR) is 79.0 cm³/mol. The largest absolute Gasteiger partial charge is 0.399 e. The Labute approximate surface area is 121 Å². The lowest BCUT2D eigenvalue weighted by Gasteiger charge is -2.14. The zero-order chi connectivity index (χ0) is 15.6. The van der Waals surface area contributed by atoms with E-state index in [1.165, 1.54) is 13.0 Å². The summed E-state index contributed by atoms with van der Waals surface area (Å²) in [7, 11) is 0. The van der Waals surface area contributed by atoms with E-state index in [9.17, 15) is 13.6 Å². The fourth-order valence-electron chi connectivity index (χ4n) is 1.98. The molecular formula is C16H16F2N2O. The first-order valence-corrected chi connectivity index (χ1v) is 6.51. The van der Waals surface area contributed by atoms with Crippen LogP contribution in [0, 0.1) is 18.6 Å². The van der Waals surface area contributed by atoms with Crippen molar-refractivity contribution < 1.29 is 13.6 Å². The molecule has 0 aliphatic rings. The van der Waals surface area contributed by atoms with Gasteiger partial charge in [-0.2, -0.15) is 0 Å². The minimum absolute atomic E-state index is 0.267. The maximum Gasteiger partial charge on any atom is 0.231 e. The lowest BCUT2D eigenvalue weighted by Crippen LogP contribution is -2.20. The predicted octanol–water partition coefficient (Wildman–Crippen LogP) is 3.60. The van der Waals surface area contributed by atoms with Crippen LogP contribution >= 0.6 is 0 Å². The molecular weight excluding hydrogens is 274 g/mol. The zero-order valence-corrected chi connectivity index (χ0v) is 11.8. The highest BCUT2D eigenvalue weighted by molar-refractivity contribution is 5.96. The van der Waals surface area contributed by atoms with E-state index in [4.69, 9.17) is 5.73 Å². The van der Waals surface area contributed by atoms with Gasteiger partial charge in [-0.25, -0.2) is 8.78 Å². The summed E-state index contributed by atoms with van der Waals surface area (Å²) in [5, 5.41) is 2.31. The summed E-state index contributed by atoms with van der Waals surface area (Å²) in [5.41, 5.74) is 6.72. The molecule has 0 bridgehead atoms. The monoisotopic (exact) mass is 290 g/mol. The molecule has 0 spiro atoms. The second-order valence-corrected chi connectivity index (χ2v) is 4.93. The number of amides is 1. The van der Waals surface area contributed by atoms with Crippen molar-refractivity contribution in [2.75, 3.05) is 11.1 Å². The first-order chi connectivity index (χ1) is 9.90. The maximum absolute atomic E-state index is 13.9. The number of nitrogens with two attached hydrogens (primary N) is 1. The molecule has 21 heavy (non-hydrogen) atoms. The topological polar surface area (TPSA) is 55.1 Å². The Morgan fingerprint density at radius 1 is 1.24 bits per heavy atom. The van der Waals surface area contributed by atoms with Gasteiger partial charge in [-0.1, -0.05) is 18.2 Å². The standard InChI is InChI=1S/C16H16F2N2O/c1-9-6-7-13(17)15(14(9)18)20-16(21)10(2)11-4-3-5-12(19)8-11/h3-8,10H,19H2,1-2H3,(H,20,21). The summed E-state index contributed by atoms with van der Waals surface area (Å²) >= 11 is 0. The first kappa shape index (κ1) is 15.0. The minimum atomic E-state index is -0.800. The molecule has 3 N–H and O–H groups in total. The van der Waals surface area contributed by atoms with Gasteiger partial charge in [0.1, 0.15) is 11.5 Å². The molecule has 0 aliphatic carbocycles. The lowest BCUT2D eigenvalue weighted by molar-refractivity contribution is -0.117. The fourth-order valence-corrected chi connectivity index (χ4v) is 1.98. The third kappa shape index (κ3) is 3.18. The molecule has 0 aliphatic heterocycles. The molecule has 2 aromatic carbocycles. The number of hydrogen-bond acceptors (Lipinski definition) is 2. The van der Waals surface area contributed by atoms with Crippen LogP contribution in [0.4, 0.5) is 20.2 Å². The van der Waals surface area contributed by atoms with Gasteiger partial charge < -0.3 is 11.1 Å². The van der Waals surface area contributed by atoms with Crippen molar-refractivity contribution in [3.63, 3.8) is 0 Å². The number of carbonyl (C=O) groups excluding carboxylic acids is 1. The van der Waals surface area contributed by atoms with Gasteiger partial charge in [0.15, 0.2) is 5.82 Å². The van der Waals surface area contributed by atoms with Crippen molar-refractivity contribution >= 4 is 17.3 Å². The Morgan fingerprint density at radius 3 is 2.62 bits per heavy atom. The van der Waals surface area contributed by atoms with Crippen LogP contribution in [0.3, 0.4) is 0 Å². The van der Waals surface area contributed by atoms with Gasteiger partial charge in [0.2, 0.25) is 5.91 Å². The molecule has 0 aromatic heterocycles. The van der Waals surface area contributed by atoms with Crippen molar-refractivity contribution in [1.29, 1.82) is 0 Å². The second-order valence-electron chi connectivity index (χ2n) is 4.93.